The average molecular weight is 294 g/mol. The van der Waals surface area contributed by atoms with E-state index >= 15 is 0 Å². The number of aliphatic hydroxyl groups is 1. The van der Waals surface area contributed by atoms with Gasteiger partial charge in [-0.25, -0.2) is 0 Å². The lowest BCUT2D eigenvalue weighted by Gasteiger charge is -2.28. The van der Waals surface area contributed by atoms with Gasteiger partial charge in [-0.2, -0.15) is 0 Å². The fraction of sp³-hybridized carbons (Fsp3) is 0.625. The van der Waals surface area contributed by atoms with Crippen LogP contribution in [-0.4, -0.2) is 38.5 Å². The van der Waals surface area contributed by atoms with Crippen molar-refractivity contribution in [3.8, 4) is 11.5 Å². The molecule has 3 N–H and O–H groups in total. The molecule has 0 spiro atoms. The SMILES string of the molecule is COc1cc(CNCCCO)c(OC)c2c1CNC(C)C2. The van der Waals surface area contributed by atoms with Crippen molar-refractivity contribution >= 4 is 0 Å². The van der Waals surface area contributed by atoms with Crippen molar-refractivity contribution in [1.82, 2.24) is 10.6 Å². The van der Waals surface area contributed by atoms with E-state index in [1.807, 2.05) is 0 Å². The van der Waals surface area contributed by atoms with E-state index in [0.717, 1.165) is 43.0 Å². The molecule has 118 valence electrons. The van der Waals surface area contributed by atoms with E-state index < -0.39 is 0 Å². The van der Waals surface area contributed by atoms with Gasteiger partial charge in [0.2, 0.25) is 0 Å². The van der Waals surface area contributed by atoms with Crippen molar-refractivity contribution in [2.45, 2.75) is 38.9 Å². The molecule has 1 aliphatic heterocycles. The van der Waals surface area contributed by atoms with Gasteiger partial charge in [-0.1, -0.05) is 0 Å². The topological polar surface area (TPSA) is 62.8 Å². The second kappa shape index (κ2) is 7.64. The predicted molar refractivity (Wildman–Crippen MR) is 83.0 cm³/mol. The largest absolute Gasteiger partial charge is 0.496 e. The Labute approximate surface area is 126 Å². The molecule has 1 aromatic rings. The minimum Gasteiger partial charge on any atom is -0.496 e. The van der Waals surface area contributed by atoms with E-state index in [1.54, 1.807) is 14.2 Å². The molecule has 5 nitrogen and oxygen atoms in total. The molecule has 1 atom stereocenters. The first-order chi connectivity index (χ1) is 10.2. The average Bonchev–Trinajstić information content (AvgIpc) is 2.50. The van der Waals surface area contributed by atoms with Gasteiger partial charge >= 0.3 is 0 Å². The first kappa shape index (κ1) is 16.1. The van der Waals surface area contributed by atoms with E-state index in [1.165, 1.54) is 11.1 Å². The van der Waals surface area contributed by atoms with Gasteiger partial charge < -0.3 is 25.2 Å². The Hall–Kier alpha value is -1.30. The van der Waals surface area contributed by atoms with Gasteiger partial charge in [-0.3, -0.25) is 0 Å². The molecule has 0 fully saturated rings. The molecule has 5 heteroatoms. The Balaban J connectivity index is 2.29. The van der Waals surface area contributed by atoms with Crippen LogP contribution in [0.3, 0.4) is 0 Å². The Morgan fingerprint density at radius 3 is 2.81 bits per heavy atom. The molecule has 0 saturated carbocycles. The molecule has 0 radical (unpaired) electrons. The van der Waals surface area contributed by atoms with Crippen molar-refractivity contribution in [3.05, 3.63) is 22.8 Å². The summed E-state index contributed by atoms with van der Waals surface area (Å²) in [5.41, 5.74) is 3.56. The lowest BCUT2D eigenvalue weighted by molar-refractivity contribution is 0.285. The number of benzene rings is 1. The van der Waals surface area contributed by atoms with Crippen molar-refractivity contribution in [2.24, 2.45) is 0 Å². The Kier molecular flexibility index (Phi) is 5.85. The third kappa shape index (κ3) is 3.67. The molecule has 1 aromatic carbocycles. The molecule has 1 aliphatic rings. The summed E-state index contributed by atoms with van der Waals surface area (Å²) in [6.07, 6.45) is 1.70. The third-order valence-corrected chi connectivity index (χ3v) is 3.92. The number of ether oxygens (including phenoxy) is 2. The van der Waals surface area contributed by atoms with Crippen LogP contribution < -0.4 is 20.1 Å². The summed E-state index contributed by atoms with van der Waals surface area (Å²) in [5, 5.41) is 15.6. The molecule has 0 bridgehead atoms. The first-order valence-corrected chi connectivity index (χ1v) is 7.51. The number of rotatable bonds is 7. The summed E-state index contributed by atoms with van der Waals surface area (Å²) in [7, 11) is 3.44. The molecule has 1 unspecified atom stereocenters. The second-order valence-electron chi connectivity index (χ2n) is 5.47. The van der Waals surface area contributed by atoms with Gasteiger partial charge in [0, 0.05) is 42.4 Å². The summed E-state index contributed by atoms with van der Waals surface area (Å²) in [6, 6.07) is 2.50. The van der Waals surface area contributed by atoms with Gasteiger partial charge in [0.15, 0.2) is 0 Å². The van der Waals surface area contributed by atoms with Crippen LogP contribution in [0.5, 0.6) is 11.5 Å². The number of nitrogens with one attached hydrogen (secondary N) is 2. The molecule has 2 rings (SSSR count). The highest BCUT2D eigenvalue weighted by atomic mass is 16.5. The van der Waals surface area contributed by atoms with Crippen LogP contribution in [0.1, 0.15) is 30.0 Å². The third-order valence-electron chi connectivity index (χ3n) is 3.92. The van der Waals surface area contributed by atoms with Crippen LogP contribution in [0.2, 0.25) is 0 Å². The predicted octanol–water partition coefficient (Wildman–Crippen LogP) is 1.21. The first-order valence-electron chi connectivity index (χ1n) is 7.51. The van der Waals surface area contributed by atoms with Gasteiger partial charge in [-0.05, 0) is 32.4 Å². The molecule has 0 aliphatic carbocycles. The number of hydrogen-bond donors (Lipinski definition) is 3. The van der Waals surface area contributed by atoms with E-state index in [0.29, 0.717) is 12.6 Å². The Bertz CT molecular complexity index is 477. The molecule has 0 amide bonds. The summed E-state index contributed by atoms with van der Waals surface area (Å²) in [5.74, 6) is 1.89. The minimum atomic E-state index is 0.209. The number of aliphatic hydroxyl groups excluding tert-OH is 1. The van der Waals surface area contributed by atoms with Crippen molar-refractivity contribution in [1.29, 1.82) is 0 Å². The van der Waals surface area contributed by atoms with Crippen LogP contribution in [0, 0.1) is 0 Å². The zero-order valence-corrected chi connectivity index (χ0v) is 13.2. The highest BCUT2D eigenvalue weighted by molar-refractivity contribution is 5.55. The summed E-state index contributed by atoms with van der Waals surface area (Å²) >= 11 is 0. The van der Waals surface area contributed by atoms with Gasteiger partial charge in [-0.15, -0.1) is 0 Å². The fourth-order valence-electron chi connectivity index (χ4n) is 2.85. The second-order valence-corrected chi connectivity index (χ2v) is 5.47. The number of fused-ring (bicyclic) bond motifs is 1. The molecule has 21 heavy (non-hydrogen) atoms. The van der Waals surface area contributed by atoms with Gasteiger partial charge in [0.25, 0.3) is 0 Å². The highest BCUT2D eigenvalue weighted by Crippen LogP contribution is 2.37. The molecule has 1 heterocycles. The molecule has 0 aromatic heterocycles. The number of methoxy groups -OCH3 is 2. The van der Waals surface area contributed by atoms with Crippen LogP contribution in [0.25, 0.3) is 0 Å². The quantitative estimate of drug-likeness (QED) is 0.660. The fourth-order valence-corrected chi connectivity index (χ4v) is 2.85. The maximum atomic E-state index is 8.84. The normalized spacial score (nSPS) is 17.4. The zero-order chi connectivity index (χ0) is 15.2. The van der Waals surface area contributed by atoms with E-state index in [-0.39, 0.29) is 6.61 Å². The maximum absolute atomic E-state index is 8.84. The number of hydrogen-bond acceptors (Lipinski definition) is 5. The minimum absolute atomic E-state index is 0.209. The van der Waals surface area contributed by atoms with Crippen molar-refractivity contribution < 1.29 is 14.6 Å². The smallest absolute Gasteiger partial charge is 0.127 e. The van der Waals surface area contributed by atoms with Gasteiger partial charge in [0.1, 0.15) is 11.5 Å². The van der Waals surface area contributed by atoms with Crippen LogP contribution in [-0.2, 0) is 19.5 Å². The lowest BCUT2D eigenvalue weighted by atomic mass is 9.92. The Morgan fingerprint density at radius 2 is 2.14 bits per heavy atom. The van der Waals surface area contributed by atoms with Crippen LogP contribution in [0.4, 0.5) is 0 Å². The molecular formula is C16H26N2O3. The lowest BCUT2D eigenvalue weighted by Crippen LogP contribution is -2.33. The van der Waals surface area contributed by atoms with Crippen LogP contribution >= 0.6 is 0 Å². The van der Waals surface area contributed by atoms with E-state index in [4.69, 9.17) is 14.6 Å². The highest BCUT2D eigenvalue weighted by Gasteiger charge is 2.24. The van der Waals surface area contributed by atoms with E-state index in [9.17, 15) is 0 Å². The molecule has 0 saturated heterocycles. The molecular weight excluding hydrogens is 268 g/mol. The Morgan fingerprint density at radius 1 is 1.33 bits per heavy atom. The van der Waals surface area contributed by atoms with Gasteiger partial charge in [0.05, 0.1) is 14.2 Å². The monoisotopic (exact) mass is 294 g/mol. The van der Waals surface area contributed by atoms with Crippen LogP contribution in [0.15, 0.2) is 6.07 Å². The van der Waals surface area contributed by atoms with Crippen molar-refractivity contribution in [2.75, 3.05) is 27.4 Å². The zero-order valence-electron chi connectivity index (χ0n) is 13.2. The summed E-state index contributed by atoms with van der Waals surface area (Å²) in [6.45, 7) is 4.71. The summed E-state index contributed by atoms with van der Waals surface area (Å²) < 4.78 is 11.2. The van der Waals surface area contributed by atoms with Crippen molar-refractivity contribution in [3.63, 3.8) is 0 Å². The maximum Gasteiger partial charge on any atom is 0.127 e. The van der Waals surface area contributed by atoms with E-state index in [2.05, 4.69) is 23.6 Å². The summed E-state index contributed by atoms with van der Waals surface area (Å²) in [4.78, 5) is 0. The standard InChI is InChI=1S/C16H26N2O3/c1-11-7-13-14(10-18-11)15(20-2)8-12(16(13)21-3)9-17-5-4-6-19/h8,11,17-19H,4-7,9-10H2,1-3H3.